The van der Waals surface area contributed by atoms with E-state index in [1.807, 2.05) is 24.3 Å². The minimum atomic E-state index is -0.418. The van der Waals surface area contributed by atoms with Crippen molar-refractivity contribution in [3.8, 4) is 0 Å². The summed E-state index contributed by atoms with van der Waals surface area (Å²) < 4.78 is 0.988. The molecule has 2 aromatic rings. The van der Waals surface area contributed by atoms with E-state index in [9.17, 15) is 10.1 Å². The number of nitro benzene ring substituents is 1. The molecule has 0 saturated carbocycles. The van der Waals surface area contributed by atoms with Gasteiger partial charge < -0.3 is 0 Å². The van der Waals surface area contributed by atoms with E-state index in [4.69, 9.17) is 0 Å². The summed E-state index contributed by atoms with van der Waals surface area (Å²) >= 11 is 3.36. The van der Waals surface area contributed by atoms with Crippen molar-refractivity contribution < 1.29 is 4.92 Å². The van der Waals surface area contributed by atoms with Crippen LogP contribution in [0.25, 0.3) is 0 Å². The largest absolute Gasteiger partial charge is 0.278 e. The number of hydrazone groups is 1. The van der Waals surface area contributed by atoms with E-state index in [1.165, 1.54) is 12.1 Å². The summed E-state index contributed by atoms with van der Waals surface area (Å²) in [6.45, 7) is 1.80. The van der Waals surface area contributed by atoms with Gasteiger partial charge in [0.2, 0.25) is 0 Å². The molecule has 1 N–H and O–H groups in total. The lowest BCUT2D eigenvalue weighted by atomic mass is 10.1. The van der Waals surface area contributed by atoms with Gasteiger partial charge in [0.05, 0.1) is 16.3 Å². The number of nitro groups is 1. The van der Waals surface area contributed by atoms with Crippen LogP contribution in [0.3, 0.4) is 0 Å². The van der Waals surface area contributed by atoms with Gasteiger partial charge in [-0.15, -0.1) is 0 Å². The van der Waals surface area contributed by atoms with Gasteiger partial charge in [0, 0.05) is 22.2 Å². The first-order valence-corrected chi connectivity index (χ1v) is 6.66. The van der Waals surface area contributed by atoms with Gasteiger partial charge in [-0.1, -0.05) is 28.1 Å². The van der Waals surface area contributed by atoms with Crippen LogP contribution >= 0.6 is 15.9 Å². The molecule has 0 aromatic heterocycles. The van der Waals surface area contributed by atoms with Crippen LogP contribution in [0.1, 0.15) is 12.5 Å². The van der Waals surface area contributed by atoms with Gasteiger partial charge in [-0.25, -0.2) is 0 Å². The summed E-state index contributed by atoms with van der Waals surface area (Å²) in [6, 6.07) is 14.0. The fourth-order valence-electron chi connectivity index (χ4n) is 1.58. The summed E-state index contributed by atoms with van der Waals surface area (Å²) in [5.41, 5.74) is 5.21. The average molecular weight is 334 g/mol. The van der Waals surface area contributed by atoms with Crippen LogP contribution in [-0.2, 0) is 0 Å². The molecule has 0 unspecified atom stereocenters. The van der Waals surface area contributed by atoms with Gasteiger partial charge in [0.25, 0.3) is 5.69 Å². The highest BCUT2D eigenvalue weighted by molar-refractivity contribution is 9.10. The summed E-state index contributed by atoms with van der Waals surface area (Å²) in [5, 5.41) is 15.0. The zero-order valence-corrected chi connectivity index (χ0v) is 12.3. The van der Waals surface area contributed by atoms with Crippen LogP contribution in [-0.4, -0.2) is 10.6 Å². The maximum atomic E-state index is 10.7. The summed E-state index contributed by atoms with van der Waals surface area (Å²) in [5.74, 6) is 0. The van der Waals surface area contributed by atoms with E-state index in [2.05, 4.69) is 26.5 Å². The third kappa shape index (κ3) is 3.64. The molecule has 0 atom stereocenters. The highest BCUT2D eigenvalue weighted by Crippen LogP contribution is 2.16. The van der Waals surface area contributed by atoms with Crippen molar-refractivity contribution in [3.63, 3.8) is 0 Å². The maximum Gasteiger partial charge on any atom is 0.270 e. The number of rotatable bonds is 4. The van der Waals surface area contributed by atoms with Gasteiger partial charge >= 0.3 is 0 Å². The topological polar surface area (TPSA) is 67.5 Å². The predicted molar refractivity (Wildman–Crippen MR) is 83.1 cm³/mol. The Morgan fingerprint density at radius 3 is 2.60 bits per heavy atom. The summed E-state index contributed by atoms with van der Waals surface area (Å²) in [4.78, 5) is 10.3. The Labute approximate surface area is 124 Å². The van der Waals surface area contributed by atoms with Gasteiger partial charge in [0.15, 0.2) is 0 Å². The Morgan fingerprint density at radius 2 is 1.95 bits per heavy atom. The van der Waals surface area contributed by atoms with Gasteiger partial charge in [-0.3, -0.25) is 15.5 Å². The molecule has 5 nitrogen and oxygen atoms in total. The van der Waals surface area contributed by atoms with E-state index < -0.39 is 4.92 Å². The highest BCUT2D eigenvalue weighted by atomic mass is 79.9. The second-order valence-corrected chi connectivity index (χ2v) is 5.04. The number of hydrogen-bond donors (Lipinski definition) is 1. The Kier molecular flexibility index (Phi) is 4.47. The van der Waals surface area contributed by atoms with Crippen molar-refractivity contribution in [3.05, 3.63) is 68.7 Å². The number of non-ortho nitro benzene ring substituents is 1. The molecule has 0 aliphatic rings. The Hall–Kier alpha value is -2.21. The van der Waals surface area contributed by atoms with Crippen LogP contribution in [0.4, 0.5) is 11.4 Å². The van der Waals surface area contributed by atoms with Crippen molar-refractivity contribution >= 4 is 33.0 Å². The molecule has 0 aliphatic carbocycles. The first kappa shape index (κ1) is 14.2. The molecule has 20 heavy (non-hydrogen) atoms. The third-order valence-electron chi connectivity index (χ3n) is 2.67. The number of hydrogen-bond acceptors (Lipinski definition) is 4. The Balaban J connectivity index is 2.16. The molecule has 6 heteroatoms. The molecule has 102 valence electrons. The van der Waals surface area contributed by atoms with Crippen LogP contribution in [0.15, 0.2) is 58.1 Å². The highest BCUT2D eigenvalue weighted by Gasteiger charge is 2.07. The van der Waals surface area contributed by atoms with Gasteiger partial charge in [-0.2, -0.15) is 5.10 Å². The summed E-state index contributed by atoms with van der Waals surface area (Å²) in [6.07, 6.45) is 0. The number of nitrogens with one attached hydrogen (secondary N) is 1. The zero-order chi connectivity index (χ0) is 14.5. The van der Waals surface area contributed by atoms with Crippen molar-refractivity contribution in [1.82, 2.24) is 0 Å². The first-order chi connectivity index (χ1) is 9.56. The SMILES string of the molecule is C/C(=N/Nc1ccc(Br)cc1)c1cccc([N+](=O)[O-])c1. The molecule has 0 saturated heterocycles. The monoisotopic (exact) mass is 333 g/mol. The van der Waals surface area contributed by atoms with Crippen LogP contribution in [0.2, 0.25) is 0 Å². The van der Waals surface area contributed by atoms with E-state index >= 15 is 0 Å². The smallest absolute Gasteiger partial charge is 0.270 e. The minimum Gasteiger partial charge on any atom is -0.278 e. The average Bonchev–Trinajstić information content (AvgIpc) is 2.46. The number of benzene rings is 2. The molecule has 2 aromatic carbocycles. The number of anilines is 1. The van der Waals surface area contributed by atoms with E-state index in [0.29, 0.717) is 11.3 Å². The third-order valence-corrected chi connectivity index (χ3v) is 3.20. The number of nitrogens with zero attached hydrogens (tertiary/aromatic N) is 2. The van der Waals surface area contributed by atoms with E-state index in [-0.39, 0.29) is 5.69 Å². The van der Waals surface area contributed by atoms with Crippen LogP contribution in [0, 0.1) is 10.1 Å². The van der Waals surface area contributed by atoms with Crippen molar-refractivity contribution in [1.29, 1.82) is 0 Å². The molecular formula is C14H12BrN3O2. The molecule has 0 aliphatic heterocycles. The molecular weight excluding hydrogens is 322 g/mol. The molecule has 0 bridgehead atoms. The zero-order valence-electron chi connectivity index (χ0n) is 10.7. The molecule has 0 radical (unpaired) electrons. The van der Waals surface area contributed by atoms with Crippen molar-refractivity contribution in [2.75, 3.05) is 5.43 Å². The lowest BCUT2D eigenvalue weighted by Crippen LogP contribution is -2.00. The fraction of sp³-hybridized carbons (Fsp3) is 0.0714. The fourth-order valence-corrected chi connectivity index (χ4v) is 1.85. The van der Waals surface area contributed by atoms with Crippen LogP contribution in [0.5, 0.6) is 0 Å². The maximum absolute atomic E-state index is 10.7. The second kappa shape index (κ2) is 6.29. The summed E-state index contributed by atoms with van der Waals surface area (Å²) in [7, 11) is 0. The Morgan fingerprint density at radius 1 is 1.25 bits per heavy atom. The second-order valence-electron chi connectivity index (χ2n) is 4.12. The van der Waals surface area contributed by atoms with Gasteiger partial charge in [0.1, 0.15) is 0 Å². The normalized spacial score (nSPS) is 11.2. The van der Waals surface area contributed by atoms with Gasteiger partial charge in [-0.05, 0) is 31.2 Å². The molecule has 0 heterocycles. The predicted octanol–water partition coefficient (Wildman–Crippen LogP) is 4.19. The Bertz CT molecular complexity index is 654. The molecule has 2 rings (SSSR count). The van der Waals surface area contributed by atoms with E-state index in [1.54, 1.807) is 19.1 Å². The van der Waals surface area contributed by atoms with Crippen LogP contribution < -0.4 is 5.43 Å². The number of halogens is 1. The van der Waals surface area contributed by atoms with Crippen molar-refractivity contribution in [2.24, 2.45) is 5.10 Å². The van der Waals surface area contributed by atoms with Crippen molar-refractivity contribution in [2.45, 2.75) is 6.92 Å². The first-order valence-electron chi connectivity index (χ1n) is 5.87. The minimum absolute atomic E-state index is 0.0562. The quantitative estimate of drug-likeness (QED) is 0.518. The molecule has 0 fully saturated rings. The standard InChI is InChI=1S/C14H12BrN3O2/c1-10(11-3-2-4-14(9-11)18(19)20)16-17-13-7-5-12(15)6-8-13/h2-9,17H,1H3/b16-10-. The lowest BCUT2D eigenvalue weighted by Gasteiger charge is -2.04. The van der Waals surface area contributed by atoms with E-state index in [0.717, 1.165) is 10.2 Å². The lowest BCUT2D eigenvalue weighted by molar-refractivity contribution is -0.384. The molecule has 0 spiro atoms. The molecule has 0 amide bonds.